The van der Waals surface area contributed by atoms with Crippen LogP contribution in [-0.2, 0) is 0 Å². The summed E-state index contributed by atoms with van der Waals surface area (Å²) >= 11 is 0. The molecule has 2 nitrogen and oxygen atoms in total. The van der Waals surface area contributed by atoms with Crippen LogP contribution in [0.25, 0.3) is 5.57 Å². The fourth-order valence-electron chi connectivity index (χ4n) is 3.00. The van der Waals surface area contributed by atoms with Crippen LogP contribution in [0.4, 0.5) is 5.69 Å². The van der Waals surface area contributed by atoms with E-state index in [9.17, 15) is 5.11 Å². The summed E-state index contributed by atoms with van der Waals surface area (Å²) < 4.78 is 0. The molecule has 1 aromatic carbocycles. The molecule has 0 aromatic heterocycles. The van der Waals surface area contributed by atoms with Gasteiger partial charge in [-0.05, 0) is 43.4 Å². The molecule has 0 spiro atoms. The molecule has 1 fully saturated rings. The van der Waals surface area contributed by atoms with Gasteiger partial charge in [0.2, 0.25) is 0 Å². The highest BCUT2D eigenvalue weighted by molar-refractivity contribution is 5.82. The molecule has 2 heteroatoms. The maximum absolute atomic E-state index is 10.1. The van der Waals surface area contributed by atoms with E-state index in [1.54, 1.807) is 0 Å². The Morgan fingerprint density at radius 2 is 2.06 bits per heavy atom. The minimum absolute atomic E-state index is 0.250. The minimum atomic E-state index is -0.250. The van der Waals surface area contributed by atoms with Gasteiger partial charge in [0.25, 0.3) is 0 Å². The number of hydrogen-bond donors (Lipinski definition) is 2. The van der Waals surface area contributed by atoms with E-state index in [1.165, 1.54) is 22.4 Å². The number of anilines is 1. The van der Waals surface area contributed by atoms with E-state index in [-0.39, 0.29) is 6.10 Å². The highest BCUT2D eigenvalue weighted by atomic mass is 16.3. The van der Waals surface area contributed by atoms with Gasteiger partial charge < -0.3 is 10.4 Å². The zero-order valence-corrected chi connectivity index (χ0v) is 9.53. The predicted octanol–water partition coefficient (Wildman–Crippen LogP) is 2.80. The average molecular weight is 215 g/mol. The first-order valence-electron chi connectivity index (χ1n) is 6.02. The van der Waals surface area contributed by atoms with Crippen molar-refractivity contribution in [2.75, 3.05) is 5.32 Å². The standard InChI is InChI=1S/C14H17NO/c1-9-10-5-2-3-6-11(10)15-12-7-4-8-13(16)14(9)12/h2-3,5-6,12-13,15-16H,4,7-8H2,1H3. The fourth-order valence-corrected chi connectivity index (χ4v) is 3.00. The lowest BCUT2D eigenvalue weighted by Crippen LogP contribution is -2.36. The molecule has 3 rings (SSSR count). The van der Waals surface area contributed by atoms with Crippen LogP contribution in [0.2, 0.25) is 0 Å². The smallest absolute Gasteiger partial charge is 0.0775 e. The maximum Gasteiger partial charge on any atom is 0.0775 e. The molecule has 1 saturated carbocycles. The van der Waals surface area contributed by atoms with E-state index >= 15 is 0 Å². The summed E-state index contributed by atoms with van der Waals surface area (Å²) in [5.74, 6) is 0. The second kappa shape index (κ2) is 3.63. The first-order valence-corrected chi connectivity index (χ1v) is 6.02. The Morgan fingerprint density at radius 3 is 2.94 bits per heavy atom. The van der Waals surface area contributed by atoms with Crippen molar-refractivity contribution in [2.24, 2.45) is 0 Å². The molecule has 2 unspecified atom stereocenters. The van der Waals surface area contributed by atoms with Crippen molar-refractivity contribution >= 4 is 11.3 Å². The summed E-state index contributed by atoms with van der Waals surface area (Å²) in [6, 6.07) is 8.71. The van der Waals surface area contributed by atoms with Crippen molar-refractivity contribution < 1.29 is 5.11 Å². The Hall–Kier alpha value is -1.28. The summed E-state index contributed by atoms with van der Waals surface area (Å²) in [6.07, 6.45) is 2.91. The van der Waals surface area contributed by atoms with Crippen molar-refractivity contribution in [2.45, 2.75) is 38.3 Å². The largest absolute Gasteiger partial charge is 0.389 e. The Labute approximate surface area is 96.0 Å². The van der Waals surface area contributed by atoms with Crippen molar-refractivity contribution in [3.05, 3.63) is 35.4 Å². The third kappa shape index (κ3) is 1.37. The number of hydrogen-bond acceptors (Lipinski definition) is 2. The van der Waals surface area contributed by atoms with E-state index in [2.05, 4.69) is 36.5 Å². The second-order valence-corrected chi connectivity index (χ2v) is 4.77. The van der Waals surface area contributed by atoms with Gasteiger partial charge in [0.05, 0.1) is 12.1 Å². The molecule has 0 amide bonds. The molecule has 1 aliphatic heterocycles. The van der Waals surface area contributed by atoms with Crippen LogP contribution in [0.15, 0.2) is 29.8 Å². The predicted molar refractivity (Wildman–Crippen MR) is 66.3 cm³/mol. The van der Waals surface area contributed by atoms with Crippen molar-refractivity contribution in [1.82, 2.24) is 0 Å². The summed E-state index contributed by atoms with van der Waals surface area (Å²) in [6.45, 7) is 2.14. The van der Waals surface area contributed by atoms with Crippen LogP contribution in [0.1, 0.15) is 31.7 Å². The molecule has 2 atom stereocenters. The first-order chi connectivity index (χ1) is 7.77. The van der Waals surface area contributed by atoms with Gasteiger partial charge >= 0.3 is 0 Å². The van der Waals surface area contributed by atoms with E-state index in [0.717, 1.165) is 19.3 Å². The summed E-state index contributed by atoms with van der Waals surface area (Å²) in [5, 5.41) is 13.6. The monoisotopic (exact) mass is 215 g/mol. The molecule has 1 aromatic rings. The SMILES string of the molecule is CC1=C2C(O)CCCC2Nc2ccccc21. The van der Waals surface area contributed by atoms with Gasteiger partial charge in [-0.15, -0.1) is 0 Å². The van der Waals surface area contributed by atoms with Gasteiger partial charge in [0.1, 0.15) is 0 Å². The number of aliphatic hydroxyl groups excluding tert-OH is 1. The number of para-hydroxylation sites is 1. The summed E-state index contributed by atoms with van der Waals surface area (Å²) in [7, 11) is 0. The van der Waals surface area contributed by atoms with Gasteiger partial charge in [0, 0.05) is 11.3 Å². The molecule has 0 radical (unpaired) electrons. The van der Waals surface area contributed by atoms with Gasteiger partial charge in [-0.25, -0.2) is 0 Å². The van der Waals surface area contributed by atoms with Crippen LogP contribution >= 0.6 is 0 Å². The highest BCUT2D eigenvalue weighted by Crippen LogP contribution is 2.39. The topological polar surface area (TPSA) is 32.3 Å². The minimum Gasteiger partial charge on any atom is -0.389 e. The lowest BCUT2D eigenvalue weighted by Gasteiger charge is -2.37. The lowest BCUT2D eigenvalue weighted by atomic mass is 9.80. The van der Waals surface area contributed by atoms with E-state index in [0.29, 0.717) is 6.04 Å². The Bertz CT molecular complexity index is 450. The first kappa shape index (κ1) is 9.91. The molecule has 1 aliphatic carbocycles. The molecular formula is C14H17NO. The molecule has 2 N–H and O–H groups in total. The van der Waals surface area contributed by atoms with E-state index in [1.807, 2.05) is 0 Å². The zero-order chi connectivity index (χ0) is 11.1. The fraction of sp³-hybridized carbons (Fsp3) is 0.429. The Kier molecular flexibility index (Phi) is 2.25. The zero-order valence-electron chi connectivity index (χ0n) is 9.53. The quantitative estimate of drug-likeness (QED) is 0.697. The van der Waals surface area contributed by atoms with Gasteiger partial charge in [0.15, 0.2) is 0 Å². The van der Waals surface area contributed by atoms with Crippen LogP contribution in [0, 0.1) is 0 Å². The van der Waals surface area contributed by atoms with Gasteiger partial charge in [-0.2, -0.15) is 0 Å². The molecule has 0 bridgehead atoms. The number of benzene rings is 1. The molecule has 84 valence electrons. The van der Waals surface area contributed by atoms with Crippen LogP contribution in [0.5, 0.6) is 0 Å². The molecular weight excluding hydrogens is 198 g/mol. The number of nitrogens with one attached hydrogen (secondary N) is 1. The summed E-state index contributed by atoms with van der Waals surface area (Å²) in [5.41, 5.74) is 4.94. The number of rotatable bonds is 0. The van der Waals surface area contributed by atoms with Crippen molar-refractivity contribution in [3.8, 4) is 0 Å². The van der Waals surface area contributed by atoms with Crippen LogP contribution in [0.3, 0.4) is 0 Å². The molecule has 0 saturated heterocycles. The van der Waals surface area contributed by atoms with E-state index in [4.69, 9.17) is 0 Å². The normalized spacial score (nSPS) is 28.1. The van der Waals surface area contributed by atoms with Crippen molar-refractivity contribution in [1.29, 1.82) is 0 Å². The average Bonchev–Trinajstić information content (AvgIpc) is 2.29. The number of aliphatic hydroxyl groups is 1. The maximum atomic E-state index is 10.1. The van der Waals surface area contributed by atoms with Crippen LogP contribution < -0.4 is 5.32 Å². The molecule has 2 aliphatic rings. The third-order valence-electron chi connectivity index (χ3n) is 3.80. The van der Waals surface area contributed by atoms with Crippen LogP contribution in [-0.4, -0.2) is 17.3 Å². The summed E-state index contributed by atoms with van der Waals surface area (Å²) in [4.78, 5) is 0. The molecule has 16 heavy (non-hydrogen) atoms. The van der Waals surface area contributed by atoms with Gasteiger partial charge in [-0.3, -0.25) is 0 Å². The molecule has 1 heterocycles. The Morgan fingerprint density at radius 1 is 1.25 bits per heavy atom. The number of allylic oxidation sites excluding steroid dienone is 1. The number of fused-ring (bicyclic) bond motifs is 2. The van der Waals surface area contributed by atoms with Gasteiger partial charge in [-0.1, -0.05) is 18.2 Å². The highest BCUT2D eigenvalue weighted by Gasteiger charge is 2.31. The third-order valence-corrected chi connectivity index (χ3v) is 3.80. The van der Waals surface area contributed by atoms with E-state index < -0.39 is 0 Å². The Balaban J connectivity index is 2.14. The van der Waals surface area contributed by atoms with Crippen molar-refractivity contribution in [3.63, 3.8) is 0 Å². The second-order valence-electron chi connectivity index (χ2n) is 4.77. The lowest BCUT2D eigenvalue weighted by molar-refractivity contribution is 0.175.